The standard InChI is InChI=1S/C19H24N4O5/c1-11(2)7-16(19(27)28)23-18(26)15(8-13-9-20-10-21-13)22-17(25)12-3-5-14(24)6-4-12/h3-6,9-11,15-16,24H,7-8H2,1-2H3,(H,20,21)(H,22,25)(H,23,26)(H,27,28). The number of aromatic hydroxyl groups is 1. The number of benzene rings is 1. The van der Waals surface area contributed by atoms with Gasteiger partial charge >= 0.3 is 5.97 Å². The maximum Gasteiger partial charge on any atom is 0.326 e. The van der Waals surface area contributed by atoms with Crippen LogP contribution in [0.4, 0.5) is 0 Å². The van der Waals surface area contributed by atoms with E-state index in [1.54, 1.807) is 6.20 Å². The number of nitrogens with one attached hydrogen (secondary N) is 3. The third-order valence-corrected chi connectivity index (χ3v) is 4.04. The maximum atomic E-state index is 12.7. The number of imidazole rings is 1. The van der Waals surface area contributed by atoms with E-state index < -0.39 is 29.9 Å². The first-order valence-corrected chi connectivity index (χ1v) is 8.87. The molecule has 0 saturated heterocycles. The molecule has 0 fully saturated rings. The number of carboxylic acid groups (broad SMARTS) is 1. The summed E-state index contributed by atoms with van der Waals surface area (Å²) in [7, 11) is 0. The van der Waals surface area contributed by atoms with Gasteiger partial charge in [-0.3, -0.25) is 9.59 Å². The first-order chi connectivity index (χ1) is 13.3. The summed E-state index contributed by atoms with van der Waals surface area (Å²) in [6.07, 6.45) is 3.40. The molecule has 9 heteroatoms. The van der Waals surface area contributed by atoms with Crippen molar-refractivity contribution in [2.24, 2.45) is 5.92 Å². The minimum absolute atomic E-state index is 0.0142. The van der Waals surface area contributed by atoms with E-state index >= 15 is 0 Å². The van der Waals surface area contributed by atoms with Crippen LogP contribution >= 0.6 is 0 Å². The summed E-state index contributed by atoms with van der Waals surface area (Å²) in [6.45, 7) is 3.71. The van der Waals surface area contributed by atoms with E-state index in [0.29, 0.717) is 5.69 Å². The van der Waals surface area contributed by atoms with Crippen molar-refractivity contribution >= 4 is 17.8 Å². The van der Waals surface area contributed by atoms with Gasteiger partial charge in [-0.1, -0.05) is 13.8 Å². The number of carbonyl (C=O) groups is 3. The average molecular weight is 388 g/mol. The second-order valence-corrected chi connectivity index (χ2v) is 6.87. The van der Waals surface area contributed by atoms with Gasteiger partial charge in [0.15, 0.2) is 0 Å². The Kier molecular flexibility index (Phi) is 7.14. The van der Waals surface area contributed by atoms with Gasteiger partial charge < -0.3 is 25.8 Å². The van der Waals surface area contributed by atoms with Crippen molar-refractivity contribution in [3.8, 4) is 5.75 Å². The molecule has 5 N–H and O–H groups in total. The number of hydrogen-bond donors (Lipinski definition) is 5. The number of H-pyrrole nitrogens is 1. The molecule has 9 nitrogen and oxygen atoms in total. The number of aromatic amines is 1. The lowest BCUT2D eigenvalue weighted by atomic mass is 10.0. The molecule has 0 aliphatic heterocycles. The fourth-order valence-electron chi connectivity index (χ4n) is 2.64. The van der Waals surface area contributed by atoms with Gasteiger partial charge in [-0.25, -0.2) is 9.78 Å². The quantitative estimate of drug-likeness (QED) is 0.435. The van der Waals surface area contributed by atoms with Gasteiger partial charge in [0.2, 0.25) is 5.91 Å². The molecule has 2 aromatic rings. The van der Waals surface area contributed by atoms with Crippen LogP contribution in [0, 0.1) is 5.92 Å². The molecule has 0 spiro atoms. The summed E-state index contributed by atoms with van der Waals surface area (Å²) < 4.78 is 0. The van der Waals surface area contributed by atoms with Crippen molar-refractivity contribution in [3.05, 3.63) is 48.0 Å². The number of aromatic nitrogens is 2. The summed E-state index contributed by atoms with van der Waals surface area (Å²) in [5.74, 6) is -2.18. The first-order valence-electron chi connectivity index (χ1n) is 8.87. The summed E-state index contributed by atoms with van der Waals surface area (Å²) >= 11 is 0. The van der Waals surface area contributed by atoms with Crippen LogP contribution in [-0.4, -0.2) is 50.0 Å². The summed E-state index contributed by atoms with van der Waals surface area (Å²) in [5, 5.41) is 23.8. The van der Waals surface area contributed by atoms with Gasteiger partial charge in [0, 0.05) is 18.2 Å². The molecule has 0 bridgehead atoms. The zero-order chi connectivity index (χ0) is 20.7. The van der Waals surface area contributed by atoms with Crippen LogP contribution in [0.2, 0.25) is 0 Å². The minimum atomic E-state index is -1.13. The number of phenolic OH excluding ortho intramolecular Hbond substituents is 1. The SMILES string of the molecule is CC(C)CC(NC(=O)C(Cc1c[nH]cn1)NC(=O)c1ccc(O)cc1)C(=O)O. The van der Waals surface area contributed by atoms with Gasteiger partial charge in [-0.2, -0.15) is 0 Å². The van der Waals surface area contributed by atoms with Gasteiger partial charge in [0.25, 0.3) is 5.91 Å². The van der Waals surface area contributed by atoms with Crippen molar-refractivity contribution < 1.29 is 24.6 Å². The highest BCUT2D eigenvalue weighted by Gasteiger charge is 2.28. The van der Waals surface area contributed by atoms with Gasteiger partial charge in [-0.05, 0) is 36.6 Å². The van der Waals surface area contributed by atoms with Gasteiger partial charge in [0.1, 0.15) is 17.8 Å². The molecule has 1 heterocycles. The number of rotatable bonds is 9. The van der Waals surface area contributed by atoms with Crippen LogP contribution in [-0.2, 0) is 16.0 Å². The van der Waals surface area contributed by atoms with E-state index in [1.165, 1.54) is 30.6 Å². The van der Waals surface area contributed by atoms with Crippen LogP contribution in [0.15, 0.2) is 36.8 Å². The number of carbonyl (C=O) groups excluding carboxylic acids is 2. The number of aliphatic carboxylic acids is 1. The Morgan fingerprint density at radius 3 is 2.32 bits per heavy atom. The van der Waals surface area contributed by atoms with Crippen LogP contribution in [0.25, 0.3) is 0 Å². The number of amides is 2. The topological polar surface area (TPSA) is 144 Å². The molecule has 150 valence electrons. The third kappa shape index (κ3) is 6.11. The Morgan fingerprint density at radius 2 is 1.79 bits per heavy atom. The molecular weight excluding hydrogens is 364 g/mol. The lowest BCUT2D eigenvalue weighted by molar-refractivity contribution is -0.142. The number of carboxylic acids is 1. The van der Waals surface area contributed by atoms with E-state index in [1.807, 2.05) is 13.8 Å². The fourth-order valence-corrected chi connectivity index (χ4v) is 2.64. The minimum Gasteiger partial charge on any atom is -0.508 e. The normalized spacial score (nSPS) is 13.0. The summed E-state index contributed by atoms with van der Waals surface area (Å²) in [4.78, 5) is 43.5. The predicted octanol–water partition coefficient (Wildman–Crippen LogP) is 1.07. The lowest BCUT2D eigenvalue weighted by Crippen LogP contribution is -2.52. The molecular formula is C19H24N4O5. The second kappa shape index (κ2) is 9.54. The average Bonchev–Trinajstić information content (AvgIpc) is 3.13. The molecule has 1 aromatic heterocycles. The van der Waals surface area contributed by atoms with Gasteiger partial charge in [0.05, 0.1) is 12.0 Å². The van der Waals surface area contributed by atoms with Crippen molar-refractivity contribution in [3.63, 3.8) is 0 Å². The molecule has 2 rings (SSSR count). The Morgan fingerprint density at radius 1 is 1.11 bits per heavy atom. The Hall–Kier alpha value is -3.36. The summed E-state index contributed by atoms with van der Waals surface area (Å²) in [6, 6.07) is 3.50. The highest BCUT2D eigenvalue weighted by Crippen LogP contribution is 2.11. The fraction of sp³-hybridized carbons (Fsp3) is 0.368. The van der Waals surface area contributed by atoms with E-state index in [9.17, 15) is 24.6 Å². The number of phenols is 1. The first kappa shape index (κ1) is 20.9. The van der Waals surface area contributed by atoms with Crippen molar-refractivity contribution in [1.82, 2.24) is 20.6 Å². The molecule has 0 aliphatic carbocycles. The maximum absolute atomic E-state index is 12.7. The highest BCUT2D eigenvalue weighted by atomic mass is 16.4. The molecule has 2 atom stereocenters. The highest BCUT2D eigenvalue weighted by molar-refractivity contribution is 5.98. The third-order valence-electron chi connectivity index (χ3n) is 4.04. The predicted molar refractivity (Wildman–Crippen MR) is 101 cm³/mol. The second-order valence-electron chi connectivity index (χ2n) is 6.87. The number of hydrogen-bond acceptors (Lipinski definition) is 5. The Bertz CT molecular complexity index is 802. The Balaban J connectivity index is 2.15. The van der Waals surface area contributed by atoms with Gasteiger partial charge in [-0.15, -0.1) is 0 Å². The zero-order valence-electron chi connectivity index (χ0n) is 15.7. The molecule has 0 radical (unpaired) electrons. The van der Waals surface area contributed by atoms with Crippen molar-refractivity contribution in [1.29, 1.82) is 0 Å². The van der Waals surface area contributed by atoms with E-state index in [2.05, 4.69) is 20.6 Å². The van der Waals surface area contributed by atoms with Crippen LogP contribution in [0.1, 0.15) is 36.3 Å². The lowest BCUT2D eigenvalue weighted by Gasteiger charge is -2.22. The molecule has 2 unspecified atom stereocenters. The van der Waals surface area contributed by atoms with Crippen LogP contribution in [0.3, 0.4) is 0 Å². The van der Waals surface area contributed by atoms with Crippen molar-refractivity contribution in [2.75, 3.05) is 0 Å². The molecule has 28 heavy (non-hydrogen) atoms. The molecule has 2 amide bonds. The van der Waals surface area contributed by atoms with Crippen LogP contribution in [0.5, 0.6) is 5.75 Å². The van der Waals surface area contributed by atoms with E-state index in [4.69, 9.17) is 0 Å². The zero-order valence-corrected chi connectivity index (χ0v) is 15.7. The molecule has 0 aliphatic rings. The Labute approximate surface area is 162 Å². The van der Waals surface area contributed by atoms with E-state index in [0.717, 1.165) is 0 Å². The molecule has 0 saturated carbocycles. The van der Waals surface area contributed by atoms with Crippen LogP contribution < -0.4 is 10.6 Å². The number of nitrogens with zero attached hydrogens (tertiary/aromatic N) is 1. The summed E-state index contributed by atoms with van der Waals surface area (Å²) in [5.41, 5.74) is 0.802. The van der Waals surface area contributed by atoms with Crippen molar-refractivity contribution in [2.45, 2.75) is 38.8 Å². The molecule has 1 aromatic carbocycles. The smallest absolute Gasteiger partial charge is 0.326 e. The monoisotopic (exact) mass is 388 g/mol. The largest absolute Gasteiger partial charge is 0.508 e. The van der Waals surface area contributed by atoms with E-state index in [-0.39, 0.29) is 30.1 Å².